The molecular weight excluding hydrogens is 398 g/mol. The SMILES string of the molecule is COc1ccc(CN2CCC([C@H](NC(=O)c3ccccc3C)c3ccccn3)CC2)cc1. The minimum atomic E-state index is -0.0913. The second-order valence-electron chi connectivity index (χ2n) is 8.48. The lowest BCUT2D eigenvalue weighted by Crippen LogP contribution is -2.41. The standard InChI is InChI=1S/C27H31N3O2/c1-20-7-3-4-8-24(20)27(31)29-26(25-9-5-6-16-28-25)22-14-17-30(18-15-22)19-21-10-12-23(32-2)13-11-21/h3-13,16,22,26H,14-15,17-19H2,1-2H3,(H,29,31)/t26-/m0/s1. The Morgan fingerprint density at radius 2 is 1.78 bits per heavy atom. The molecule has 0 bridgehead atoms. The van der Waals surface area contributed by atoms with Gasteiger partial charge in [0.1, 0.15) is 5.75 Å². The molecule has 3 aromatic rings. The number of nitrogens with one attached hydrogen (secondary N) is 1. The number of methoxy groups -OCH3 is 1. The number of likely N-dealkylation sites (tertiary alicyclic amines) is 1. The summed E-state index contributed by atoms with van der Waals surface area (Å²) in [5.74, 6) is 1.21. The van der Waals surface area contributed by atoms with E-state index in [1.807, 2.05) is 61.5 Å². The lowest BCUT2D eigenvalue weighted by molar-refractivity contribution is 0.0887. The molecule has 0 unspecified atom stereocenters. The fraction of sp³-hybridized carbons (Fsp3) is 0.333. The Hall–Kier alpha value is -3.18. The van der Waals surface area contributed by atoms with Crippen LogP contribution in [0.25, 0.3) is 0 Å². The van der Waals surface area contributed by atoms with E-state index in [2.05, 4.69) is 27.3 Å². The summed E-state index contributed by atoms with van der Waals surface area (Å²) in [5, 5.41) is 3.30. The van der Waals surface area contributed by atoms with Gasteiger partial charge in [0.05, 0.1) is 18.8 Å². The fourth-order valence-electron chi connectivity index (χ4n) is 4.47. The van der Waals surface area contributed by atoms with E-state index in [9.17, 15) is 4.79 Å². The Kier molecular flexibility index (Phi) is 7.17. The van der Waals surface area contributed by atoms with E-state index in [4.69, 9.17) is 4.74 Å². The van der Waals surface area contributed by atoms with Crippen molar-refractivity contribution in [1.29, 1.82) is 0 Å². The van der Waals surface area contributed by atoms with Crippen molar-refractivity contribution in [1.82, 2.24) is 15.2 Å². The second-order valence-corrected chi connectivity index (χ2v) is 8.48. The number of ether oxygens (including phenoxy) is 1. The first kappa shape index (κ1) is 22.0. The Labute approximate surface area is 190 Å². The van der Waals surface area contributed by atoms with Crippen LogP contribution in [0.3, 0.4) is 0 Å². The quantitative estimate of drug-likeness (QED) is 0.587. The number of nitrogens with zero attached hydrogens (tertiary/aromatic N) is 2. The van der Waals surface area contributed by atoms with Crippen LogP contribution in [-0.2, 0) is 6.54 Å². The summed E-state index contributed by atoms with van der Waals surface area (Å²) < 4.78 is 5.26. The average molecular weight is 430 g/mol. The molecular formula is C27H31N3O2. The van der Waals surface area contributed by atoms with Crippen molar-refractivity contribution in [3.8, 4) is 5.75 Å². The summed E-state index contributed by atoms with van der Waals surface area (Å²) in [6.07, 6.45) is 3.85. The van der Waals surface area contributed by atoms with Crippen LogP contribution in [0.2, 0.25) is 0 Å². The van der Waals surface area contributed by atoms with Crippen LogP contribution in [0.5, 0.6) is 5.75 Å². The first-order chi connectivity index (χ1) is 15.6. The largest absolute Gasteiger partial charge is 0.497 e. The van der Waals surface area contributed by atoms with E-state index in [1.54, 1.807) is 13.3 Å². The predicted molar refractivity (Wildman–Crippen MR) is 127 cm³/mol. The molecule has 1 amide bonds. The zero-order chi connectivity index (χ0) is 22.3. The number of carbonyl (C=O) groups is 1. The normalized spacial score (nSPS) is 15.8. The molecule has 5 heteroatoms. The summed E-state index contributed by atoms with van der Waals surface area (Å²) >= 11 is 0. The fourth-order valence-corrected chi connectivity index (χ4v) is 4.47. The Balaban J connectivity index is 1.43. The van der Waals surface area contributed by atoms with Gasteiger partial charge in [-0.1, -0.05) is 36.4 Å². The van der Waals surface area contributed by atoms with Gasteiger partial charge in [-0.3, -0.25) is 14.7 Å². The minimum absolute atomic E-state index is 0.0283. The molecule has 1 N–H and O–H groups in total. The van der Waals surface area contributed by atoms with Gasteiger partial charge in [0, 0.05) is 18.3 Å². The molecule has 1 aliphatic rings. The lowest BCUT2D eigenvalue weighted by Gasteiger charge is -2.36. The van der Waals surface area contributed by atoms with Crippen LogP contribution < -0.4 is 10.1 Å². The molecule has 5 nitrogen and oxygen atoms in total. The molecule has 1 aromatic heterocycles. The van der Waals surface area contributed by atoms with E-state index in [-0.39, 0.29) is 11.9 Å². The summed E-state index contributed by atoms with van der Waals surface area (Å²) in [6.45, 7) is 4.91. The van der Waals surface area contributed by atoms with E-state index in [0.717, 1.165) is 55.0 Å². The number of hydrogen-bond acceptors (Lipinski definition) is 4. The number of aromatic nitrogens is 1. The van der Waals surface area contributed by atoms with Crippen LogP contribution in [-0.4, -0.2) is 36.0 Å². The highest BCUT2D eigenvalue weighted by Crippen LogP contribution is 2.31. The third-order valence-electron chi connectivity index (χ3n) is 6.35. The molecule has 1 atom stereocenters. The van der Waals surface area contributed by atoms with Crippen LogP contribution in [0.1, 0.15) is 46.1 Å². The maximum Gasteiger partial charge on any atom is 0.252 e. The number of amides is 1. The zero-order valence-electron chi connectivity index (χ0n) is 18.8. The first-order valence-corrected chi connectivity index (χ1v) is 11.3. The van der Waals surface area contributed by atoms with Gasteiger partial charge < -0.3 is 10.1 Å². The van der Waals surface area contributed by atoms with Gasteiger partial charge in [0.15, 0.2) is 0 Å². The highest BCUT2D eigenvalue weighted by atomic mass is 16.5. The average Bonchev–Trinajstić information content (AvgIpc) is 2.84. The summed E-state index contributed by atoms with van der Waals surface area (Å²) in [6, 6.07) is 21.9. The third kappa shape index (κ3) is 5.35. The lowest BCUT2D eigenvalue weighted by atomic mass is 9.86. The van der Waals surface area contributed by atoms with Crippen molar-refractivity contribution in [2.45, 2.75) is 32.4 Å². The Morgan fingerprint density at radius 1 is 1.06 bits per heavy atom. The number of aryl methyl sites for hydroxylation is 1. The van der Waals surface area contributed by atoms with Crippen LogP contribution in [0.4, 0.5) is 0 Å². The molecule has 0 spiro atoms. The molecule has 0 aliphatic carbocycles. The van der Waals surface area contributed by atoms with Crippen molar-refractivity contribution in [3.05, 3.63) is 95.3 Å². The van der Waals surface area contributed by atoms with Gasteiger partial charge in [-0.15, -0.1) is 0 Å². The monoisotopic (exact) mass is 429 g/mol. The number of hydrogen-bond donors (Lipinski definition) is 1. The van der Waals surface area contributed by atoms with Crippen LogP contribution in [0.15, 0.2) is 72.9 Å². The molecule has 0 radical (unpaired) electrons. The first-order valence-electron chi connectivity index (χ1n) is 11.3. The predicted octanol–water partition coefficient (Wildman–Crippen LogP) is 4.78. The Morgan fingerprint density at radius 3 is 2.44 bits per heavy atom. The summed E-state index contributed by atoms with van der Waals surface area (Å²) in [4.78, 5) is 20.2. The van der Waals surface area contributed by atoms with Crippen molar-refractivity contribution >= 4 is 5.91 Å². The molecule has 4 rings (SSSR count). The highest BCUT2D eigenvalue weighted by Gasteiger charge is 2.30. The molecule has 1 saturated heterocycles. The van der Waals surface area contributed by atoms with Gasteiger partial charge in [0.2, 0.25) is 0 Å². The maximum absolute atomic E-state index is 13.1. The van der Waals surface area contributed by atoms with Gasteiger partial charge in [-0.25, -0.2) is 0 Å². The molecule has 2 heterocycles. The number of piperidine rings is 1. The van der Waals surface area contributed by atoms with Gasteiger partial charge in [0.25, 0.3) is 5.91 Å². The number of benzene rings is 2. The van der Waals surface area contributed by atoms with Gasteiger partial charge in [-0.05, 0) is 80.2 Å². The van der Waals surface area contributed by atoms with Crippen LogP contribution >= 0.6 is 0 Å². The molecule has 2 aromatic carbocycles. The highest BCUT2D eigenvalue weighted by molar-refractivity contribution is 5.95. The molecule has 0 saturated carbocycles. The van der Waals surface area contributed by atoms with Crippen LogP contribution in [0, 0.1) is 12.8 Å². The minimum Gasteiger partial charge on any atom is -0.497 e. The summed E-state index contributed by atoms with van der Waals surface area (Å²) in [7, 11) is 1.69. The van der Waals surface area contributed by atoms with E-state index in [1.165, 1.54) is 5.56 Å². The molecule has 32 heavy (non-hydrogen) atoms. The van der Waals surface area contributed by atoms with E-state index in [0.29, 0.717) is 5.92 Å². The van der Waals surface area contributed by atoms with Gasteiger partial charge >= 0.3 is 0 Å². The van der Waals surface area contributed by atoms with E-state index >= 15 is 0 Å². The van der Waals surface area contributed by atoms with Crippen molar-refractivity contribution < 1.29 is 9.53 Å². The van der Waals surface area contributed by atoms with Crippen molar-refractivity contribution in [2.24, 2.45) is 5.92 Å². The Bertz CT molecular complexity index is 1010. The smallest absolute Gasteiger partial charge is 0.252 e. The number of pyridine rings is 1. The second kappa shape index (κ2) is 10.4. The van der Waals surface area contributed by atoms with Crippen molar-refractivity contribution in [3.63, 3.8) is 0 Å². The maximum atomic E-state index is 13.1. The topological polar surface area (TPSA) is 54.5 Å². The molecule has 166 valence electrons. The number of carbonyl (C=O) groups excluding carboxylic acids is 1. The third-order valence-corrected chi connectivity index (χ3v) is 6.35. The van der Waals surface area contributed by atoms with Gasteiger partial charge in [-0.2, -0.15) is 0 Å². The summed E-state index contributed by atoms with van der Waals surface area (Å²) in [5.41, 5.74) is 3.94. The molecule has 1 aliphatic heterocycles. The zero-order valence-corrected chi connectivity index (χ0v) is 18.8. The molecule has 1 fully saturated rings. The van der Waals surface area contributed by atoms with Crippen molar-refractivity contribution in [2.75, 3.05) is 20.2 Å². The van der Waals surface area contributed by atoms with E-state index < -0.39 is 0 Å². The number of rotatable bonds is 7.